The highest BCUT2D eigenvalue weighted by atomic mass is 32.2. The predicted molar refractivity (Wildman–Crippen MR) is 137 cm³/mol. The number of rotatable bonds is 8. The van der Waals surface area contributed by atoms with E-state index < -0.39 is 15.3 Å². The second-order valence-corrected chi connectivity index (χ2v) is 11.4. The number of benzene rings is 1. The number of hydrogen-bond acceptors (Lipinski definition) is 8. The second-order valence-electron chi connectivity index (χ2n) is 8.58. The highest BCUT2D eigenvalue weighted by molar-refractivity contribution is 8.00. The van der Waals surface area contributed by atoms with Crippen LogP contribution < -0.4 is 10.0 Å². The lowest BCUT2D eigenvalue weighted by Gasteiger charge is -2.16. The molecule has 1 amide bonds. The van der Waals surface area contributed by atoms with Gasteiger partial charge in [-0.15, -0.1) is 0 Å². The van der Waals surface area contributed by atoms with Crippen molar-refractivity contribution in [3.05, 3.63) is 59.0 Å². The van der Waals surface area contributed by atoms with Crippen molar-refractivity contribution in [3.63, 3.8) is 0 Å². The monoisotopic (exact) mass is 525 g/mol. The van der Waals surface area contributed by atoms with Gasteiger partial charge >= 0.3 is 0 Å². The van der Waals surface area contributed by atoms with Crippen LogP contribution in [0.1, 0.15) is 55.2 Å². The van der Waals surface area contributed by atoms with Crippen LogP contribution in [-0.2, 0) is 27.7 Å². The summed E-state index contributed by atoms with van der Waals surface area (Å²) in [6, 6.07) is 11.5. The van der Waals surface area contributed by atoms with E-state index in [0.717, 1.165) is 43.4 Å². The summed E-state index contributed by atoms with van der Waals surface area (Å²) in [7, 11) is -3.85. The Morgan fingerprint density at radius 2 is 1.94 bits per heavy atom. The molecular weight excluding hydrogens is 498 g/mol. The number of nitrogens with one attached hydrogen (secondary N) is 2. The van der Waals surface area contributed by atoms with Crippen molar-refractivity contribution < 1.29 is 17.7 Å². The van der Waals surface area contributed by atoms with Gasteiger partial charge in [0.25, 0.3) is 10.0 Å². The van der Waals surface area contributed by atoms with Crippen LogP contribution in [0.4, 0.5) is 11.5 Å². The Morgan fingerprint density at radius 1 is 1.19 bits per heavy atom. The number of aryl methyl sites for hydroxylation is 3. The number of nitriles is 1. The van der Waals surface area contributed by atoms with Crippen LogP contribution in [-0.4, -0.2) is 29.7 Å². The molecule has 2 N–H and O–H groups in total. The molecule has 0 fully saturated rings. The predicted octanol–water partition coefficient (Wildman–Crippen LogP) is 4.83. The molecule has 1 aliphatic carbocycles. The molecule has 1 unspecified atom stereocenters. The van der Waals surface area contributed by atoms with Crippen LogP contribution >= 0.6 is 11.8 Å². The van der Waals surface area contributed by atoms with Crippen LogP contribution in [0.15, 0.2) is 50.8 Å². The number of fused-ring (bicyclic) bond motifs is 1. The number of carbonyl (C=O) groups excluding carboxylic acids is 1. The fourth-order valence-electron chi connectivity index (χ4n) is 3.97. The van der Waals surface area contributed by atoms with Crippen molar-refractivity contribution >= 4 is 39.2 Å². The zero-order chi connectivity index (χ0) is 25.7. The maximum atomic E-state index is 13.0. The van der Waals surface area contributed by atoms with Gasteiger partial charge in [0.15, 0.2) is 5.82 Å². The van der Waals surface area contributed by atoms with Crippen LogP contribution in [0, 0.1) is 18.3 Å². The smallest absolute Gasteiger partial charge is 0.263 e. The average Bonchev–Trinajstić information content (AvgIpc) is 3.12. The van der Waals surface area contributed by atoms with Crippen molar-refractivity contribution in [1.29, 1.82) is 5.26 Å². The van der Waals surface area contributed by atoms with Gasteiger partial charge in [-0.1, -0.05) is 30.3 Å². The number of hydrogen-bond donors (Lipinski definition) is 2. The summed E-state index contributed by atoms with van der Waals surface area (Å²) in [5.74, 6) is 0.336. The van der Waals surface area contributed by atoms with Gasteiger partial charge < -0.3 is 9.84 Å². The first kappa shape index (κ1) is 25.7. The molecule has 1 aromatic carbocycles. The van der Waals surface area contributed by atoms with E-state index in [-0.39, 0.29) is 16.6 Å². The number of aromatic nitrogens is 2. The van der Waals surface area contributed by atoms with Gasteiger partial charge in [0.1, 0.15) is 16.9 Å². The quantitative estimate of drug-likeness (QED) is 0.315. The van der Waals surface area contributed by atoms with E-state index >= 15 is 0 Å². The van der Waals surface area contributed by atoms with E-state index in [9.17, 15) is 18.5 Å². The maximum absolute atomic E-state index is 13.0. The van der Waals surface area contributed by atoms with Gasteiger partial charge in [-0.05, 0) is 74.9 Å². The fraction of sp³-hybridized carbons (Fsp3) is 0.360. The Hall–Kier alpha value is -3.36. The zero-order valence-corrected chi connectivity index (χ0v) is 21.7. The van der Waals surface area contributed by atoms with Crippen LogP contribution in [0.25, 0.3) is 0 Å². The number of carbonyl (C=O) groups is 1. The van der Waals surface area contributed by atoms with Gasteiger partial charge in [-0.2, -0.15) is 5.26 Å². The average molecular weight is 526 g/mol. The summed E-state index contributed by atoms with van der Waals surface area (Å²) in [6.45, 7) is 3.56. The molecule has 1 atom stereocenters. The molecule has 188 valence electrons. The van der Waals surface area contributed by atoms with E-state index in [1.165, 1.54) is 42.1 Å². The summed E-state index contributed by atoms with van der Waals surface area (Å²) in [6.07, 6.45) is 5.68. The lowest BCUT2D eigenvalue weighted by molar-refractivity contribution is -0.115. The van der Waals surface area contributed by atoms with Gasteiger partial charge in [-0.3, -0.25) is 9.52 Å². The van der Waals surface area contributed by atoms with E-state index in [0.29, 0.717) is 28.5 Å². The Labute approximate surface area is 214 Å². The van der Waals surface area contributed by atoms with Crippen molar-refractivity contribution in [2.75, 3.05) is 10.0 Å². The van der Waals surface area contributed by atoms with Gasteiger partial charge in [0.2, 0.25) is 5.91 Å². The van der Waals surface area contributed by atoms with E-state index in [2.05, 4.69) is 21.3 Å². The molecule has 0 spiro atoms. The molecule has 0 radical (unpaired) electrons. The van der Waals surface area contributed by atoms with Crippen molar-refractivity contribution in [2.45, 2.75) is 67.5 Å². The second kappa shape index (κ2) is 11.1. The Kier molecular flexibility index (Phi) is 7.96. The molecule has 2 aromatic heterocycles. The largest absolute Gasteiger partial charge is 0.360 e. The number of pyridine rings is 1. The van der Waals surface area contributed by atoms with Crippen molar-refractivity contribution in [2.24, 2.45) is 0 Å². The third kappa shape index (κ3) is 6.06. The van der Waals surface area contributed by atoms with Gasteiger partial charge in [0.05, 0.1) is 15.7 Å². The molecule has 1 aliphatic rings. The Morgan fingerprint density at radius 3 is 2.61 bits per heavy atom. The zero-order valence-electron chi connectivity index (χ0n) is 20.1. The normalized spacial score (nSPS) is 14.2. The first-order chi connectivity index (χ1) is 17.3. The SMILES string of the molecule is CCC(Sc1nc2c(cc1C#N)CCCCC2)C(=O)Nc1ccc(S(=O)(=O)Nc2cc(C)on2)cc1. The summed E-state index contributed by atoms with van der Waals surface area (Å²) in [5, 5.41) is 16.3. The molecule has 0 saturated carbocycles. The summed E-state index contributed by atoms with van der Waals surface area (Å²) in [4.78, 5) is 17.8. The summed E-state index contributed by atoms with van der Waals surface area (Å²) < 4.78 is 32.4. The highest BCUT2D eigenvalue weighted by Crippen LogP contribution is 2.31. The lowest BCUT2D eigenvalue weighted by atomic mass is 10.1. The molecule has 11 heteroatoms. The minimum atomic E-state index is -3.85. The topological polar surface area (TPSA) is 138 Å². The first-order valence-electron chi connectivity index (χ1n) is 11.8. The van der Waals surface area contributed by atoms with E-state index in [1.54, 1.807) is 6.92 Å². The standard InChI is InChI=1S/C25H27N5O4S2/c1-3-22(35-25-18(15-26)14-17-7-5-4-6-8-21(17)28-25)24(31)27-19-9-11-20(12-10-19)36(32,33)30-23-13-16(2)34-29-23/h9-14,22H,3-8H2,1-2H3,(H,27,31)(H,29,30). The molecule has 0 bridgehead atoms. The van der Waals surface area contributed by atoms with Crippen LogP contribution in [0.3, 0.4) is 0 Å². The summed E-state index contributed by atoms with van der Waals surface area (Å²) >= 11 is 1.29. The molecular formula is C25H27N5O4S2. The van der Waals surface area contributed by atoms with Gasteiger partial charge in [-0.25, -0.2) is 13.4 Å². The fourth-order valence-corrected chi connectivity index (χ4v) is 5.95. The number of nitrogens with zero attached hydrogens (tertiary/aromatic N) is 3. The number of sulfonamides is 1. The molecule has 0 aliphatic heterocycles. The minimum Gasteiger partial charge on any atom is -0.360 e. The Balaban J connectivity index is 1.45. The molecule has 3 aromatic rings. The third-order valence-corrected chi connectivity index (χ3v) is 8.59. The minimum absolute atomic E-state index is 0.0235. The molecule has 0 saturated heterocycles. The first-order valence-corrected chi connectivity index (χ1v) is 14.1. The lowest BCUT2D eigenvalue weighted by Crippen LogP contribution is -2.25. The maximum Gasteiger partial charge on any atom is 0.263 e. The van der Waals surface area contributed by atoms with E-state index in [4.69, 9.17) is 9.51 Å². The number of amides is 1. The Bertz CT molecular complexity index is 1390. The van der Waals surface area contributed by atoms with Crippen LogP contribution in [0.2, 0.25) is 0 Å². The number of anilines is 2. The van der Waals surface area contributed by atoms with Crippen molar-refractivity contribution in [1.82, 2.24) is 10.1 Å². The van der Waals surface area contributed by atoms with Crippen LogP contribution in [0.5, 0.6) is 0 Å². The highest BCUT2D eigenvalue weighted by Gasteiger charge is 2.23. The van der Waals surface area contributed by atoms with E-state index in [1.807, 2.05) is 13.0 Å². The molecule has 36 heavy (non-hydrogen) atoms. The van der Waals surface area contributed by atoms with Crippen molar-refractivity contribution in [3.8, 4) is 6.07 Å². The number of thioether (sulfide) groups is 1. The molecule has 9 nitrogen and oxygen atoms in total. The molecule has 2 heterocycles. The third-order valence-electron chi connectivity index (χ3n) is 5.85. The molecule has 4 rings (SSSR count). The summed E-state index contributed by atoms with van der Waals surface area (Å²) in [5.41, 5.74) is 3.12. The van der Waals surface area contributed by atoms with Gasteiger partial charge in [0, 0.05) is 17.4 Å².